The molecule has 6 N–H and O–H groups in total. The van der Waals surface area contributed by atoms with E-state index < -0.39 is 11.7 Å². The standard InChI is InChI=1S/C62H105ClF3N11/c1-14-43(4)57-36-69-46(7)47(8)70-37-58-44(5)38-77(58)60(52-20-15-16-21-52)49(10)73-61(28-17-18-29-61)41-68-32-31-67-30-27-53(25-23-51-24-26-55(56(63)34-51)62(64,65)66)71-35-45(6)74(12)40-59(42(2)3)75(13)39-54-22-19-33-76(54)50(11)48(9)72-57/h24,26-27,30,34-35,39-40,42-44,46-50,52,57-58,60,67-70,72-73H,14-23,25,28-29,31-33,36-38,41H2,1-13H3/t43-,44+,46-,47?,48?,49?,50-,57+,58?,60+/m0/s1. The Labute approximate surface area is 470 Å². The van der Waals surface area contributed by atoms with Crippen molar-refractivity contribution < 1.29 is 13.2 Å². The fourth-order valence-electron chi connectivity index (χ4n) is 13.1. The fraction of sp³-hybridized carbons (Fsp3) is 0.758. The topological polar surface area (TPSA) is 97.5 Å². The van der Waals surface area contributed by atoms with Gasteiger partial charge in [0, 0.05) is 155 Å². The molecule has 77 heavy (non-hydrogen) atoms. The van der Waals surface area contributed by atoms with Crippen LogP contribution in [0.25, 0.3) is 0 Å². The van der Waals surface area contributed by atoms with Crippen LogP contribution in [-0.4, -0.2) is 139 Å². The van der Waals surface area contributed by atoms with Crippen molar-refractivity contribution in [1.29, 1.82) is 0 Å². The van der Waals surface area contributed by atoms with Crippen molar-refractivity contribution in [3.63, 3.8) is 0 Å². The van der Waals surface area contributed by atoms with Gasteiger partial charge in [0.2, 0.25) is 0 Å². The molecular weight excluding hydrogens is 991 g/mol. The van der Waals surface area contributed by atoms with Gasteiger partial charge in [0.05, 0.1) is 10.6 Å². The van der Waals surface area contributed by atoms with Crippen LogP contribution in [0.4, 0.5) is 13.2 Å². The number of rotatable bonds is 7. The summed E-state index contributed by atoms with van der Waals surface area (Å²) in [5.41, 5.74) is 4.32. The summed E-state index contributed by atoms with van der Waals surface area (Å²) in [6.45, 7) is 32.4. The Kier molecular flexibility index (Phi) is 24.2. The van der Waals surface area contributed by atoms with Gasteiger partial charge in [0.1, 0.15) is 0 Å². The average Bonchev–Trinajstić information content (AvgIpc) is 4.20. The van der Waals surface area contributed by atoms with E-state index in [1.54, 1.807) is 0 Å². The summed E-state index contributed by atoms with van der Waals surface area (Å²) in [6, 6.07) is 7.11. The van der Waals surface area contributed by atoms with Crippen LogP contribution in [0.5, 0.6) is 0 Å². The molecule has 3 aliphatic heterocycles. The molecule has 5 aliphatic rings. The monoisotopic (exact) mass is 1100 g/mol. The van der Waals surface area contributed by atoms with Gasteiger partial charge in [-0.1, -0.05) is 84.4 Å². The Morgan fingerprint density at radius 3 is 2.19 bits per heavy atom. The van der Waals surface area contributed by atoms with E-state index in [1.807, 2.05) is 18.5 Å². The maximum Gasteiger partial charge on any atom is 0.417 e. The SMILES string of the molecule is CC[C@H](C)[C@H]1CN[C@@H](C)C(C)NCC2[C@H](C)CN2[C@@H](C2CCCC2)C(C)NC2(CCCC2)CNCCNC=CC(CCc2ccc(C(F)(F)F)c(Cl)c2)=NC=C(C)N(C)C=C(C(C)C)N(C)C=C2CCCN2[C@@H](C)C(C)N1. The van der Waals surface area contributed by atoms with E-state index >= 15 is 0 Å². The normalized spacial score (nSPS) is 30.7. The zero-order chi connectivity index (χ0) is 56.0. The van der Waals surface area contributed by atoms with Gasteiger partial charge in [0.25, 0.3) is 0 Å². The highest BCUT2D eigenvalue weighted by Gasteiger charge is 2.47. The highest BCUT2D eigenvalue weighted by atomic mass is 35.5. The molecule has 2 saturated carbocycles. The molecule has 0 aromatic heterocycles. The number of allylic oxidation sites excluding steroid dienone is 4. The van der Waals surface area contributed by atoms with Crippen LogP contribution in [-0.2, 0) is 12.6 Å². The molecule has 4 unspecified atom stereocenters. The first-order valence-electron chi connectivity index (χ1n) is 30.2. The molecule has 2 saturated heterocycles. The molecule has 6 rings (SSSR count). The van der Waals surface area contributed by atoms with E-state index in [2.05, 4.69) is 154 Å². The summed E-state index contributed by atoms with van der Waals surface area (Å²) in [4.78, 5) is 15.0. The van der Waals surface area contributed by atoms with E-state index in [-0.39, 0.29) is 22.5 Å². The Balaban J connectivity index is 1.26. The van der Waals surface area contributed by atoms with E-state index in [1.165, 1.54) is 81.4 Å². The first-order chi connectivity index (χ1) is 36.6. The molecule has 10 atom stereocenters. The highest BCUT2D eigenvalue weighted by molar-refractivity contribution is 6.31. The summed E-state index contributed by atoms with van der Waals surface area (Å²) < 4.78 is 40.7. The molecular formula is C62H105ClF3N11. The molecule has 11 nitrogen and oxygen atoms in total. The van der Waals surface area contributed by atoms with Crippen molar-refractivity contribution in [3.05, 3.63) is 82.3 Å². The molecule has 0 bridgehead atoms. The van der Waals surface area contributed by atoms with Crippen molar-refractivity contribution in [3.8, 4) is 0 Å². The maximum atomic E-state index is 13.6. The lowest BCUT2D eigenvalue weighted by molar-refractivity contribution is -0.137. The first-order valence-corrected chi connectivity index (χ1v) is 30.6. The Bertz CT molecular complexity index is 2130. The molecule has 1 aromatic carbocycles. The zero-order valence-electron chi connectivity index (χ0n) is 49.9. The van der Waals surface area contributed by atoms with Gasteiger partial charge >= 0.3 is 6.18 Å². The highest BCUT2D eigenvalue weighted by Crippen LogP contribution is 2.40. The van der Waals surface area contributed by atoms with E-state index in [4.69, 9.17) is 16.6 Å². The molecule has 4 fully saturated rings. The van der Waals surface area contributed by atoms with Crippen molar-refractivity contribution in [2.24, 2.45) is 28.7 Å². The van der Waals surface area contributed by atoms with E-state index in [9.17, 15) is 13.2 Å². The van der Waals surface area contributed by atoms with E-state index in [0.29, 0.717) is 67.0 Å². The summed E-state index contributed by atoms with van der Waals surface area (Å²) in [7, 11) is 4.23. The summed E-state index contributed by atoms with van der Waals surface area (Å²) in [5.74, 6) is 2.18. The quantitative estimate of drug-likeness (QED) is 0.158. The van der Waals surface area contributed by atoms with Gasteiger partial charge in [-0.05, 0) is 147 Å². The second kappa shape index (κ2) is 29.6. The third kappa shape index (κ3) is 17.7. The molecule has 0 amide bonds. The molecule has 1 spiro atoms. The number of halogens is 4. The number of fused-ring (bicyclic) bond motifs is 2. The van der Waals surface area contributed by atoms with Crippen LogP contribution in [0.3, 0.4) is 0 Å². The molecule has 2 aliphatic carbocycles. The van der Waals surface area contributed by atoms with Crippen molar-refractivity contribution in [1.82, 2.24) is 51.5 Å². The number of nitrogens with zero attached hydrogens (tertiary/aromatic N) is 5. The smallest absolute Gasteiger partial charge is 0.390 e. The zero-order valence-corrected chi connectivity index (χ0v) is 50.7. The van der Waals surface area contributed by atoms with Crippen molar-refractivity contribution in [2.45, 2.75) is 220 Å². The van der Waals surface area contributed by atoms with Crippen molar-refractivity contribution >= 4 is 17.3 Å². The lowest BCUT2D eigenvalue weighted by Crippen LogP contribution is -2.70. The molecule has 0 radical (unpaired) electrons. The number of benzene rings is 1. The number of hydrogen-bond donors (Lipinski definition) is 6. The molecule has 1 aromatic rings. The lowest BCUT2D eigenvalue weighted by Gasteiger charge is -2.55. The number of aryl methyl sites for hydroxylation is 1. The number of aliphatic imine (C=N–C) groups is 1. The Hall–Kier alpha value is -3.11. The Morgan fingerprint density at radius 2 is 1.55 bits per heavy atom. The first kappa shape index (κ1) is 63.1. The number of nitrogens with one attached hydrogen (secondary N) is 6. The predicted molar refractivity (Wildman–Crippen MR) is 318 cm³/mol. The van der Waals surface area contributed by atoms with E-state index in [0.717, 1.165) is 87.5 Å². The van der Waals surface area contributed by atoms with Gasteiger partial charge in [0.15, 0.2) is 0 Å². The van der Waals surface area contributed by atoms with Crippen LogP contribution < -0.4 is 31.9 Å². The van der Waals surface area contributed by atoms with Gasteiger partial charge in [-0.25, -0.2) is 0 Å². The van der Waals surface area contributed by atoms with Gasteiger partial charge in [-0.15, -0.1) is 0 Å². The molecule has 3 heterocycles. The third-order valence-corrected chi connectivity index (χ3v) is 19.0. The van der Waals surface area contributed by atoms with Gasteiger partial charge in [-0.2, -0.15) is 13.2 Å². The third-order valence-electron chi connectivity index (χ3n) is 18.7. The number of hydrogen-bond acceptors (Lipinski definition) is 11. The maximum absolute atomic E-state index is 13.6. The van der Waals surface area contributed by atoms with Crippen molar-refractivity contribution in [2.75, 3.05) is 59.9 Å². The van der Waals surface area contributed by atoms with Gasteiger partial charge < -0.3 is 46.6 Å². The summed E-state index contributed by atoms with van der Waals surface area (Å²) >= 11 is 6.16. The predicted octanol–water partition coefficient (Wildman–Crippen LogP) is 11.5. The van der Waals surface area contributed by atoms with Crippen LogP contribution in [0.1, 0.15) is 164 Å². The minimum Gasteiger partial charge on any atom is -0.390 e. The Morgan fingerprint density at radius 1 is 0.844 bits per heavy atom. The number of alkyl halides is 3. The minimum atomic E-state index is -4.50. The summed E-state index contributed by atoms with van der Waals surface area (Å²) in [5, 5.41) is 23.7. The average molecular weight is 1100 g/mol. The van der Waals surface area contributed by atoms with Crippen LogP contribution in [0, 0.1) is 23.7 Å². The summed E-state index contributed by atoms with van der Waals surface area (Å²) in [6.07, 6.45) is 20.5. The largest absolute Gasteiger partial charge is 0.417 e. The lowest BCUT2D eigenvalue weighted by atomic mass is 9.80. The van der Waals surface area contributed by atoms with Crippen LogP contribution in [0.2, 0.25) is 5.02 Å². The second-order valence-electron chi connectivity index (χ2n) is 24.8. The minimum absolute atomic E-state index is 0.0769. The molecule has 15 heteroatoms. The second-order valence-corrected chi connectivity index (χ2v) is 25.2. The fourth-order valence-corrected chi connectivity index (χ4v) is 13.4. The van der Waals surface area contributed by atoms with Gasteiger partial charge in [-0.3, -0.25) is 9.89 Å². The van der Waals surface area contributed by atoms with Crippen LogP contribution in [0.15, 0.2) is 71.2 Å². The van der Waals surface area contributed by atoms with Crippen LogP contribution >= 0.6 is 11.6 Å². The molecule has 436 valence electrons.